The van der Waals surface area contributed by atoms with Gasteiger partial charge in [0.15, 0.2) is 0 Å². The Bertz CT molecular complexity index is 710. The number of benzene rings is 1. The molecule has 0 amide bonds. The van der Waals surface area contributed by atoms with Crippen LogP contribution in [-0.2, 0) is 10.0 Å². The van der Waals surface area contributed by atoms with Gasteiger partial charge in [-0.05, 0) is 11.4 Å². The smallest absolute Gasteiger partial charge is 0.271 e. The third-order valence-corrected chi connectivity index (χ3v) is 4.94. The van der Waals surface area contributed by atoms with Crippen LogP contribution in [0.1, 0.15) is 0 Å². The van der Waals surface area contributed by atoms with Crippen molar-refractivity contribution in [2.45, 2.75) is 4.21 Å². The fourth-order valence-corrected chi connectivity index (χ4v) is 3.38. The van der Waals surface area contributed by atoms with Gasteiger partial charge in [0.05, 0.1) is 4.92 Å². The molecule has 0 bridgehead atoms. The predicted molar refractivity (Wildman–Crippen MR) is 67.7 cm³/mol. The Kier molecular flexibility index (Phi) is 3.40. The van der Waals surface area contributed by atoms with Crippen molar-refractivity contribution in [1.82, 2.24) is 0 Å². The van der Waals surface area contributed by atoms with Crippen LogP contribution in [-0.4, -0.2) is 13.3 Å². The Labute approximate surface area is 112 Å². The molecular formula is C10H7N2O5S2-. The lowest BCUT2D eigenvalue weighted by atomic mass is 10.2. The summed E-state index contributed by atoms with van der Waals surface area (Å²) in [6, 6.07) is 5.78. The summed E-state index contributed by atoms with van der Waals surface area (Å²) in [4.78, 5) is 9.88. The predicted octanol–water partition coefficient (Wildman–Crippen LogP) is 1.53. The van der Waals surface area contributed by atoms with Gasteiger partial charge < -0.3 is 5.11 Å². The van der Waals surface area contributed by atoms with Gasteiger partial charge >= 0.3 is 0 Å². The molecule has 1 heterocycles. The molecule has 0 radical (unpaired) electrons. The van der Waals surface area contributed by atoms with Crippen LogP contribution in [0.15, 0.2) is 39.9 Å². The van der Waals surface area contributed by atoms with Gasteiger partial charge in [-0.2, -0.15) is 0 Å². The molecule has 9 heteroatoms. The van der Waals surface area contributed by atoms with Crippen molar-refractivity contribution >= 4 is 32.7 Å². The molecule has 0 atom stereocenters. The molecule has 0 aliphatic rings. The van der Waals surface area contributed by atoms with E-state index in [1.807, 2.05) is 4.72 Å². The van der Waals surface area contributed by atoms with Crippen molar-refractivity contribution in [2.75, 3.05) is 4.72 Å². The second-order valence-electron chi connectivity index (χ2n) is 3.48. The van der Waals surface area contributed by atoms with Crippen LogP contribution in [0, 0.1) is 10.1 Å². The molecular weight excluding hydrogens is 292 g/mol. The van der Waals surface area contributed by atoms with Gasteiger partial charge in [-0.1, -0.05) is 17.9 Å². The minimum Gasteiger partial charge on any atom is -0.871 e. The fraction of sp³-hybridized carbons (Fsp3) is 0. The van der Waals surface area contributed by atoms with Crippen LogP contribution < -0.4 is 9.83 Å². The first-order valence-electron chi connectivity index (χ1n) is 4.92. The lowest BCUT2D eigenvalue weighted by Gasteiger charge is -2.14. The van der Waals surface area contributed by atoms with E-state index in [1.54, 1.807) is 11.4 Å². The molecule has 2 rings (SSSR count). The van der Waals surface area contributed by atoms with Crippen LogP contribution in [0.25, 0.3) is 0 Å². The summed E-state index contributed by atoms with van der Waals surface area (Å²) < 4.78 is 25.8. The van der Waals surface area contributed by atoms with Gasteiger partial charge in [-0.3, -0.25) is 14.8 Å². The number of nitrogens with one attached hydrogen (secondary N) is 1. The average molecular weight is 299 g/mol. The number of hydrogen-bond donors (Lipinski definition) is 1. The van der Waals surface area contributed by atoms with Crippen molar-refractivity contribution in [2.24, 2.45) is 0 Å². The van der Waals surface area contributed by atoms with Gasteiger partial charge in [-0.15, -0.1) is 11.3 Å². The van der Waals surface area contributed by atoms with E-state index in [2.05, 4.69) is 0 Å². The number of nitro groups is 1. The van der Waals surface area contributed by atoms with Crippen molar-refractivity contribution in [1.29, 1.82) is 0 Å². The lowest BCUT2D eigenvalue weighted by Crippen LogP contribution is -2.13. The van der Waals surface area contributed by atoms with Crippen LogP contribution in [0.4, 0.5) is 11.4 Å². The van der Waals surface area contributed by atoms with E-state index in [4.69, 9.17) is 0 Å². The number of hydrogen-bond acceptors (Lipinski definition) is 6. The molecule has 2 aromatic rings. The van der Waals surface area contributed by atoms with Crippen molar-refractivity contribution < 1.29 is 18.4 Å². The third-order valence-electron chi connectivity index (χ3n) is 2.18. The first-order chi connectivity index (χ1) is 8.90. The number of thiophene rings is 1. The Morgan fingerprint density at radius 2 is 2.00 bits per heavy atom. The quantitative estimate of drug-likeness (QED) is 0.679. The molecule has 0 saturated carbocycles. The second kappa shape index (κ2) is 4.86. The third kappa shape index (κ3) is 2.83. The van der Waals surface area contributed by atoms with Crippen LogP contribution in [0.2, 0.25) is 0 Å². The summed E-state index contributed by atoms with van der Waals surface area (Å²) in [7, 11) is -3.89. The Hall–Kier alpha value is -2.13. The molecule has 0 aliphatic heterocycles. The highest BCUT2D eigenvalue weighted by molar-refractivity contribution is 7.94. The van der Waals surface area contributed by atoms with Gasteiger partial charge in [0.2, 0.25) is 0 Å². The van der Waals surface area contributed by atoms with E-state index < -0.39 is 20.7 Å². The fourth-order valence-electron chi connectivity index (χ4n) is 1.32. The lowest BCUT2D eigenvalue weighted by molar-refractivity contribution is -0.385. The molecule has 1 aromatic carbocycles. The molecule has 1 N–H and O–H groups in total. The Balaban J connectivity index is 2.39. The van der Waals surface area contributed by atoms with E-state index in [1.165, 1.54) is 6.07 Å². The van der Waals surface area contributed by atoms with Crippen molar-refractivity contribution in [3.8, 4) is 5.75 Å². The molecule has 19 heavy (non-hydrogen) atoms. The zero-order valence-electron chi connectivity index (χ0n) is 9.27. The summed E-state index contributed by atoms with van der Waals surface area (Å²) in [6.07, 6.45) is 0. The number of nitro benzene ring substituents is 1. The molecule has 0 fully saturated rings. The normalized spacial score (nSPS) is 11.2. The van der Waals surface area contributed by atoms with Crippen molar-refractivity contribution in [3.63, 3.8) is 0 Å². The van der Waals surface area contributed by atoms with Gasteiger partial charge in [0.25, 0.3) is 15.7 Å². The van der Waals surface area contributed by atoms with Crippen LogP contribution in [0.5, 0.6) is 5.75 Å². The maximum atomic E-state index is 11.9. The summed E-state index contributed by atoms with van der Waals surface area (Å²) in [5, 5.41) is 23.7. The minimum absolute atomic E-state index is 0.0263. The van der Waals surface area contributed by atoms with Gasteiger partial charge in [-0.25, -0.2) is 8.42 Å². The highest BCUT2D eigenvalue weighted by atomic mass is 32.2. The highest BCUT2D eigenvalue weighted by Gasteiger charge is 2.17. The number of nitrogens with zero attached hydrogens (tertiary/aromatic N) is 1. The number of rotatable bonds is 4. The van der Waals surface area contributed by atoms with Gasteiger partial charge in [0.1, 0.15) is 4.21 Å². The van der Waals surface area contributed by atoms with E-state index in [9.17, 15) is 23.6 Å². The zero-order valence-corrected chi connectivity index (χ0v) is 10.9. The molecule has 0 saturated heterocycles. The number of sulfonamides is 1. The first kappa shape index (κ1) is 13.3. The SMILES string of the molecule is O=[N+]([O-])c1ccc([O-])c(NS(=O)(=O)c2cccs2)c1. The second-order valence-corrected chi connectivity index (χ2v) is 6.33. The minimum atomic E-state index is -3.89. The first-order valence-corrected chi connectivity index (χ1v) is 7.28. The largest absolute Gasteiger partial charge is 0.871 e. The summed E-state index contributed by atoms with van der Waals surface area (Å²) >= 11 is 0.979. The summed E-state index contributed by atoms with van der Waals surface area (Å²) in [5.74, 6) is -0.634. The molecule has 0 unspecified atom stereocenters. The highest BCUT2D eigenvalue weighted by Crippen LogP contribution is 2.28. The topological polar surface area (TPSA) is 112 Å². The molecule has 0 spiro atoms. The van der Waals surface area contributed by atoms with Gasteiger partial charge in [0, 0.05) is 17.8 Å². The Morgan fingerprint density at radius 1 is 1.26 bits per heavy atom. The summed E-state index contributed by atoms with van der Waals surface area (Å²) in [6.45, 7) is 0. The van der Waals surface area contributed by atoms with Crippen LogP contribution >= 0.6 is 11.3 Å². The zero-order chi connectivity index (χ0) is 14.0. The maximum absolute atomic E-state index is 11.9. The van der Waals surface area contributed by atoms with Crippen LogP contribution in [0.3, 0.4) is 0 Å². The Morgan fingerprint density at radius 3 is 2.58 bits per heavy atom. The van der Waals surface area contributed by atoms with E-state index in [0.29, 0.717) is 0 Å². The van der Waals surface area contributed by atoms with E-state index in [0.717, 1.165) is 29.5 Å². The van der Waals surface area contributed by atoms with E-state index in [-0.39, 0.29) is 15.6 Å². The monoisotopic (exact) mass is 299 g/mol. The number of anilines is 1. The molecule has 7 nitrogen and oxygen atoms in total. The average Bonchev–Trinajstić information content (AvgIpc) is 2.85. The summed E-state index contributed by atoms with van der Waals surface area (Å²) in [5.41, 5.74) is -0.703. The molecule has 100 valence electrons. The standard InChI is InChI=1S/C10H8N2O5S2/c13-9-4-3-7(12(14)15)6-8(9)11-19(16,17)10-2-1-5-18-10/h1-6,11,13H/p-1. The number of non-ortho nitro benzene ring substituents is 1. The maximum Gasteiger partial charge on any atom is 0.271 e. The molecule has 0 aliphatic carbocycles. The van der Waals surface area contributed by atoms with Crippen molar-refractivity contribution in [3.05, 3.63) is 45.8 Å². The molecule has 1 aromatic heterocycles. The van der Waals surface area contributed by atoms with E-state index >= 15 is 0 Å².